The highest BCUT2D eigenvalue weighted by Gasteiger charge is 2.61. The van der Waals surface area contributed by atoms with E-state index in [4.69, 9.17) is 20.0 Å². The van der Waals surface area contributed by atoms with Gasteiger partial charge < -0.3 is 14.8 Å². The third kappa shape index (κ3) is 3.84. The van der Waals surface area contributed by atoms with Crippen molar-refractivity contribution in [2.75, 3.05) is 19.5 Å². The van der Waals surface area contributed by atoms with Crippen LogP contribution in [0.3, 0.4) is 0 Å². The number of alkyl halides is 5. The number of allylic oxidation sites excluding steroid dienone is 2. The molecule has 0 heterocycles. The van der Waals surface area contributed by atoms with Crippen molar-refractivity contribution in [1.82, 2.24) is 0 Å². The second kappa shape index (κ2) is 7.04. The van der Waals surface area contributed by atoms with E-state index in [1.54, 1.807) is 5.32 Å². The molecule has 1 N–H and O–H groups in total. The molecule has 0 amide bonds. The summed E-state index contributed by atoms with van der Waals surface area (Å²) >= 11 is 0. The quantitative estimate of drug-likeness (QED) is 0.650. The van der Waals surface area contributed by atoms with Crippen LogP contribution in [0.2, 0.25) is 0 Å². The number of halogens is 5. The number of anilines is 1. The first-order chi connectivity index (χ1) is 11.1. The summed E-state index contributed by atoms with van der Waals surface area (Å²) < 4.78 is 74.9. The first-order valence-corrected chi connectivity index (χ1v) is 6.10. The Bertz CT molecular complexity index is 691. The summed E-state index contributed by atoms with van der Waals surface area (Å²) in [5, 5.41) is 19.2. The molecule has 5 nitrogen and oxygen atoms in total. The molecular weight excluding hydrogens is 337 g/mol. The minimum absolute atomic E-state index is 0.0991. The minimum Gasteiger partial charge on any atom is -0.497 e. The van der Waals surface area contributed by atoms with Gasteiger partial charge >= 0.3 is 12.1 Å². The Kier molecular flexibility index (Phi) is 5.59. The zero-order valence-electron chi connectivity index (χ0n) is 12.3. The second-order valence-corrected chi connectivity index (χ2v) is 4.27. The molecule has 24 heavy (non-hydrogen) atoms. The maximum Gasteiger partial charge on any atom is 0.459 e. The van der Waals surface area contributed by atoms with Crippen LogP contribution in [-0.2, 0) is 0 Å². The summed E-state index contributed by atoms with van der Waals surface area (Å²) in [6.07, 6.45) is -6.00. The largest absolute Gasteiger partial charge is 0.497 e. The van der Waals surface area contributed by atoms with E-state index in [2.05, 4.69) is 0 Å². The van der Waals surface area contributed by atoms with Gasteiger partial charge in [-0.15, -0.1) is 0 Å². The molecule has 0 saturated heterocycles. The molecule has 0 bridgehead atoms. The number of ether oxygens (including phenoxy) is 2. The number of nitriles is 2. The van der Waals surface area contributed by atoms with Crippen molar-refractivity contribution in [3.8, 4) is 23.6 Å². The normalized spacial score (nSPS) is 11.0. The lowest BCUT2D eigenvalue weighted by Gasteiger charge is -2.24. The SMILES string of the molecule is COc1cc(NC(=C(C#N)C#N)C(F)(F)C(F)(F)F)cc(OC)c1. The van der Waals surface area contributed by atoms with Gasteiger partial charge in [0.25, 0.3) is 0 Å². The average molecular weight is 347 g/mol. The highest BCUT2D eigenvalue weighted by atomic mass is 19.4. The zero-order valence-corrected chi connectivity index (χ0v) is 12.3. The highest BCUT2D eigenvalue weighted by molar-refractivity contribution is 5.60. The van der Waals surface area contributed by atoms with Gasteiger partial charge in [-0.3, -0.25) is 0 Å². The summed E-state index contributed by atoms with van der Waals surface area (Å²) in [5.41, 5.74) is -3.57. The molecule has 1 rings (SSSR count). The van der Waals surface area contributed by atoms with Gasteiger partial charge in [0.15, 0.2) is 5.57 Å². The topological polar surface area (TPSA) is 78.1 Å². The van der Waals surface area contributed by atoms with Crippen molar-refractivity contribution in [1.29, 1.82) is 10.5 Å². The number of nitrogens with zero attached hydrogens (tertiary/aromatic N) is 2. The van der Waals surface area contributed by atoms with E-state index in [1.807, 2.05) is 0 Å². The van der Waals surface area contributed by atoms with E-state index in [0.29, 0.717) is 0 Å². The number of hydrogen-bond donors (Lipinski definition) is 1. The molecule has 10 heteroatoms. The third-order valence-electron chi connectivity index (χ3n) is 2.76. The summed E-state index contributed by atoms with van der Waals surface area (Å²) in [6.45, 7) is 0. The molecule has 0 atom stereocenters. The van der Waals surface area contributed by atoms with Crippen LogP contribution in [0.5, 0.6) is 11.5 Å². The molecule has 0 unspecified atom stereocenters. The average Bonchev–Trinajstić information content (AvgIpc) is 2.53. The van der Waals surface area contributed by atoms with Crippen LogP contribution < -0.4 is 14.8 Å². The van der Waals surface area contributed by atoms with E-state index in [-0.39, 0.29) is 17.2 Å². The number of rotatable bonds is 5. The first-order valence-electron chi connectivity index (χ1n) is 6.10. The van der Waals surface area contributed by atoms with E-state index >= 15 is 0 Å². The Morgan fingerprint density at radius 3 is 1.75 bits per heavy atom. The summed E-state index contributed by atoms with van der Waals surface area (Å²) in [4.78, 5) is 0. The van der Waals surface area contributed by atoms with Gasteiger partial charge in [-0.2, -0.15) is 32.5 Å². The summed E-state index contributed by atoms with van der Waals surface area (Å²) in [5.74, 6) is -5.24. The van der Waals surface area contributed by atoms with Crippen molar-refractivity contribution in [2.45, 2.75) is 12.1 Å². The second-order valence-electron chi connectivity index (χ2n) is 4.27. The van der Waals surface area contributed by atoms with Crippen LogP contribution in [0, 0.1) is 22.7 Å². The Hall–Kier alpha value is -3.01. The van der Waals surface area contributed by atoms with Gasteiger partial charge in [0, 0.05) is 23.9 Å². The third-order valence-corrected chi connectivity index (χ3v) is 2.76. The predicted octanol–water partition coefficient (Wildman–Crippen LogP) is 3.61. The smallest absolute Gasteiger partial charge is 0.459 e. The number of benzene rings is 1. The Balaban J connectivity index is 3.50. The molecule has 0 spiro atoms. The van der Waals surface area contributed by atoms with Gasteiger partial charge in [0.05, 0.1) is 14.2 Å². The van der Waals surface area contributed by atoms with Crippen LogP contribution >= 0.6 is 0 Å². The fraction of sp³-hybridized carbons (Fsp3) is 0.286. The molecule has 0 aliphatic rings. The standard InChI is InChI=1S/C14H10F5N3O2/c1-23-10-3-9(4-11(5-10)24-2)22-12(8(6-20)7-21)13(15,16)14(17,18)19/h3-5,22H,1-2H3. The van der Waals surface area contributed by atoms with Crippen LogP contribution in [0.15, 0.2) is 29.5 Å². The Labute approximate surface area is 133 Å². The zero-order chi connectivity index (χ0) is 18.5. The lowest BCUT2D eigenvalue weighted by molar-refractivity contribution is -0.263. The molecule has 0 saturated carbocycles. The van der Waals surface area contributed by atoms with Gasteiger partial charge in [-0.05, 0) is 0 Å². The fourth-order valence-electron chi connectivity index (χ4n) is 1.60. The van der Waals surface area contributed by atoms with Crippen LogP contribution in [0.1, 0.15) is 0 Å². The molecule has 1 aromatic rings. The van der Waals surface area contributed by atoms with Crippen LogP contribution in [0.4, 0.5) is 27.6 Å². The van der Waals surface area contributed by atoms with Crippen molar-refractivity contribution in [3.05, 3.63) is 29.5 Å². The van der Waals surface area contributed by atoms with E-state index in [9.17, 15) is 22.0 Å². The summed E-state index contributed by atoms with van der Waals surface area (Å²) in [7, 11) is 2.49. The van der Waals surface area contributed by atoms with Gasteiger partial charge in [0.1, 0.15) is 29.3 Å². The van der Waals surface area contributed by atoms with Gasteiger partial charge in [-0.25, -0.2) is 0 Å². The Morgan fingerprint density at radius 2 is 1.42 bits per heavy atom. The molecule has 0 aliphatic carbocycles. The lowest BCUT2D eigenvalue weighted by atomic mass is 10.1. The molecule has 128 valence electrons. The Morgan fingerprint density at radius 1 is 0.958 bits per heavy atom. The molecule has 1 aromatic carbocycles. The van der Waals surface area contributed by atoms with E-state index in [1.165, 1.54) is 20.3 Å². The molecule has 0 aromatic heterocycles. The maximum absolute atomic E-state index is 13.7. The van der Waals surface area contributed by atoms with E-state index in [0.717, 1.165) is 24.3 Å². The maximum atomic E-state index is 13.7. The number of methoxy groups -OCH3 is 2. The van der Waals surface area contributed by atoms with Crippen molar-refractivity contribution in [2.24, 2.45) is 0 Å². The van der Waals surface area contributed by atoms with Crippen molar-refractivity contribution < 1.29 is 31.4 Å². The fourth-order valence-corrected chi connectivity index (χ4v) is 1.60. The molecule has 0 aliphatic heterocycles. The van der Waals surface area contributed by atoms with E-state index < -0.39 is 23.4 Å². The monoisotopic (exact) mass is 347 g/mol. The lowest BCUT2D eigenvalue weighted by Crippen LogP contribution is -2.41. The van der Waals surface area contributed by atoms with Gasteiger partial charge in [0.2, 0.25) is 0 Å². The minimum atomic E-state index is -6.00. The highest BCUT2D eigenvalue weighted by Crippen LogP contribution is 2.42. The molecular formula is C14H10F5N3O2. The van der Waals surface area contributed by atoms with Crippen molar-refractivity contribution >= 4 is 5.69 Å². The summed E-state index contributed by atoms with van der Waals surface area (Å²) in [6, 6.07) is 5.59. The van der Waals surface area contributed by atoms with Crippen LogP contribution in [0.25, 0.3) is 0 Å². The number of nitrogens with one attached hydrogen (secondary N) is 1. The van der Waals surface area contributed by atoms with Crippen molar-refractivity contribution in [3.63, 3.8) is 0 Å². The number of hydrogen-bond acceptors (Lipinski definition) is 5. The molecule has 0 fully saturated rings. The molecule has 0 radical (unpaired) electrons. The van der Waals surface area contributed by atoms with Crippen LogP contribution in [-0.4, -0.2) is 26.3 Å². The predicted molar refractivity (Wildman–Crippen MR) is 72.4 cm³/mol. The van der Waals surface area contributed by atoms with Gasteiger partial charge in [-0.1, -0.05) is 0 Å². The first kappa shape index (κ1) is 19.0.